The van der Waals surface area contributed by atoms with Crippen molar-refractivity contribution in [3.05, 3.63) is 29.8 Å². The van der Waals surface area contributed by atoms with Gasteiger partial charge in [-0.05, 0) is 43.5 Å². The first kappa shape index (κ1) is 15.5. The largest absolute Gasteiger partial charge is 0.349 e. The number of hydrogen-bond donors (Lipinski definition) is 1. The molecule has 1 heterocycles. The molecule has 0 spiro atoms. The van der Waals surface area contributed by atoms with Crippen molar-refractivity contribution in [2.24, 2.45) is 0 Å². The number of rotatable bonds is 4. The molecule has 1 aliphatic heterocycles. The monoisotopic (exact) mass is 343 g/mol. The van der Waals surface area contributed by atoms with Gasteiger partial charge < -0.3 is 5.32 Å². The van der Waals surface area contributed by atoms with Crippen molar-refractivity contribution in [2.45, 2.75) is 35.4 Å². The van der Waals surface area contributed by atoms with E-state index < -0.39 is 24.9 Å². The molecule has 1 aromatic carbocycles. The molecule has 120 valence electrons. The highest BCUT2D eigenvalue weighted by atomic mass is 32.2. The highest BCUT2D eigenvalue weighted by Crippen LogP contribution is 2.26. The smallest absolute Gasteiger partial charge is 0.251 e. The Morgan fingerprint density at radius 3 is 2.23 bits per heavy atom. The lowest BCUT2D eigenvalue weighted by Crippen LogP contribution is -2.25. The zero-order valence-corrected chi connectivity index (χ0v) is 13.5. The molecular formula is C14H17NO5S2. The molecule has 1 aliphatic carbocycles. The van der Waals surface area contributed by atoms with Gasteiger partial charge in [0.25, 0.3) is 5.91 Å². The molecule has 1 atom stereocenters. The van der Waals surface area contributed by atoms with Gasteiger partial charge in [0.1, 0.15) is 0 Å². The van der Waals surface area contributed by atoms with E-state index >= 15 is 0 Å². The maximum Gasteiger partial charge on any atom is 0.251 e. The third kappa shape index (κ3) is 3.17. The molecule has 0 unspecified atom stereocenters. The minimum atomic E-state index is -3.67. The first-order chi connectivity index (χ1) is 10.3. The Labute approximate surface area is 129 Å². The Hall–Kier alpha value is -1.41. The summed E-state index contributed by atoms with van der Waals surface area (Å²) in [5.41, 5.74) is 0.407. The highest BCUT2D eigenvalue weighted by molar-refractivity contribution is 7.96. The van der Waals surface area contributed by atoms with E-state index in [1.807, 2.05) is 0 Å². The van der Waals surface area contributed by atoms with Gasteiger partial charge in [-0.1, -0.05) is 0 Å². The maximum absolute atomic E-state index is 12.4. The summed E-state index contributed by atoms with van der Waals surface area (Å²) >= 11 is 0. The summed E-state index contributed by atoms with van der Waals surface area (Å²) in [6.07, 6.45) is 2.09. The van der Waals surface area contributed by atoms with Crippen LogP contribution in [0, 0.1) is 0 Å². The lowest BCUT2D eigenvalue weighted by Gasteiger charge is -2.10. The van der Waals surface area contributed by atoms with E-state index in [4.69, 9.17) is 0 Å². The summed E-state index contributed by atoms with van der Waals surface area (Å²) in [7, 11) is -6.93. The number of carbonyl (C=O) groups is 1. The fraction of sp³-hybridized carbons (Fsp3) is 0.500. The van der Waals surface area contributed by atoms with Gasteiger partial charge in [-0.3, -0.25) is 4.79 Å². The maximum atomic E-state index is 12.4. The Morgan fingerprint density at radius 2 is 1.73 bits per heavy atom. The van der Waals surface area contributed by atoms with Gasteiger partial charge in [0.2, 0.25) is 0 Å². The molecule has 22 heavy (non-hydrogen) atoms. The van der Waals surface area contributed by atoms with Gasteiger partial charge in [0, 0.05) is 11.6 Å². The lowest BCUT2D eigenvalue weighted by molar-refractivity contribution is 0.0951. The lowest BCUT2D eigenvalue weighted by atomic mass is 10.2. The van der Waals surface area contributed by atoms with Gasteiger partial charge >= 0.3 is 0 Å². The van der Waals surface area contributed by atoms with Crippen molar-refractivity contribution < 1.29 is 21.6 Å². The first-order valence-corrected chi connectivity index (χ1v) is 10.5. The van der Waals surface area contributed by atoms with Crippen LogP contribution in [0.5, 0.6) is 0 Å². The Kier molecular flexibility index (Phi) is 3.76. The predicted molar refractivity (Wildman–Crippen MR) is 81.2 cm³/mol. The van der Waals surface area contributed by atoms with Crippen LogP contribution in [-0.2, 0) is 19.7 Å². The Morgan fingerprint density at radius 1 is 1.09 bits per heavy atom. The molecular weight excluding hydrogens is 326 g/mol. The van der Waals surface area contributed by atoms with Crippen molar-refractivity contribution in [3.8, 4) is 0 Å². The molecule has 0 aromatic heterocycles. The normalized spacial score (nSPS) is 24.1. The van der Waals surface area contributed by atoms with E-state index in [9.17, 15) is 21.6 Å². The van der Waals surface area contributed by atoms with E-state index in [1.54, 1.807) is 0 Å². The number of benzene rings is 1. The molecule has 1 aromatic rings. The molecule has 0 bridgehead atoms. The van der Waals surface area contributed by atoms with E-state index in [-0.39, 0.29) is 34.8 Å². The highest BCUT2D eigenvalue weighted by Gasteiger charge is 2.38. The minimum Gasteiger partial charge on any atom is -0.349 e. The third-order valence-corrected chi connectivity index (χ3v) is 8.18. The number of nitrogens with one attached hydrogen (secondary N) is 1. The molecule has 2 aliphatic rings. The van der Waals surface area contributed by atoms with E-state index in [0.29, 0.717) is 5.56 Å². The van der Waals surface area contributed by atoms with Gasteiger partial charge in [0.05, 0.1) is 21.7 Å². The predicted octanol–water partition coefficient (Wildman–Crippen LogP) is 0.540. The summed E-state index contributed by atoms with van der Waals surface area (Å²) in [5, 5.41) is 1.94. The zero-order valence-electron chi connectivity index (χ0n) is 11.9. The van der Waals surface area contributed by atoms with Gasteiger partial charge in [-0.25, -0.2) is 16.8 Å². The van der Waals surface area contributed by atoms with Crippen molar-refractivity contribution in [1.29, 1.82) is 0 Å². The quantitative estimate of drug-likeness (QED) is 0.860. The summed E-state index contributed by atoms with van der Waals surface area (Å²) in [6, 6.07) is 5.92. The number of sulfone groups is 2. The van der Waals surface area contributed by atoms with Crippen LogP contribution in [0.2, 0.25) is 0 Å². The SMILES string of the molecule is O=C(NC1CC1)c1ccc(S(=O)(=O)[C@H]2CCS(=O)(=O)C2)cc1. The molecule has 1 saturated carbocycles. The van der Waals surface area contributed by atoms with Gasteiger partial charge in [-0.2, -0.15) is 0 Å². The summed E-state index contributed by atoms with van der Waals surface area (Å²) in [4.78, 5) is 11.9. The minimum absolute atomic E-state index is 0.0672. The van der Waals surface area contributed by atoms with Crippen LogP contribution < -0.4 is 5.32 Å². The van der Waals surface area contributed by atoms with Crippen molar-refractivity contribution >= 4 is 25.6 Å². The number of hydrogen-bond acceptors (Lipinski definition) is 5. The van der Waals surface area contributed by atoms with Crippen LogP contribution in [-0.4, -0.2) is 45.5 Å². The second-order valence-electron chi connectivity index (χ2n) is 5.84. The van der Waals surface area contributed by atoms with Crippen LogP contribution in [0.3, 0.4) is 0 Å². The summed E-state index contributed by atoms with van der Waals surface area (Å²) in [6.45, 7) is 0. The first-order valence-electron chi connectivity index (χ1n) is 7.13. The van der Waals surface area contributed by atoms with Gasteiger partial charge in [-0.15, -0.1) is 0 Å². The zero-order chi connectivity index (χ0) is 16.0. The molecule has 6 nitrogen and oxygen atoms in total. The number of carbonyl (C=O) groups excluding carboxylic acids is 1. The molecule has 1 amide bonds. The average Bonchev–Trinajstić information content (AvgIpc) is 3.20. The topological polar surface area (TPSA) is 97.4 Å². The van der Waals surface area contributed by atoms with Crippen LogP contribution >= 0.6 is 0 Å². The molecule has 1 saturated heterocycles. The molecule has 3 rings (SSSR count). The molecule has 8 heteroatoms. The number of amides is 1. The van der Waals surface area contributed by atoms with Crippen LogP contribution in [0.4, 0.5) is 0 Å². The van der Waals surface area contributed by atoms with Gasteiger partial charge in [0.15, 0.2) is 19.7 Å². The fourth-order valence-electron chi connectivity index (χ4n) is 2.49. The van der Waals surface area contributed by atoms with E-state index in [1.165, 1.54) is 24.3 Å². The van der Waals surface area contributed by atoms with E-state index in [2.05, 4.69) is 5.32 Å². The molecule has 0 radical (unpaired) electrons. The Bertz CT molecular complexity index is 792. The Balaban J connectivity index is 1.78. The second kappa shape index (κ2) is 5.34. The standard InChI is InChI=1S/C14H17NO5S2/c16-14(15-11-3-4-11)10-1-5-12(6-2-10)22(19,20)13-7-8-21(17,18)9-13/h1-2,5-6,11,13H,3-4,7-9H2,(H,15,16)/t13-/m0/s1. The fourth-order valence-corrected chi connectivity index (χ4v) is 6.85. The molecule has 2 fully saturated rings. The summed E-state index contributed by atoms with van der Waals surface area (Å²) < 4.78 is 47.8. The van der Waals surface area contributed by atoms with Crippen LogP contribution in [0.25, 0.3) is 0 Å². The average molecular weight is 343 g/mol. The molecule has 1 N–H and O–H groups in total. The van der Waals surface area contributed by atoms with Crippen LogP contribution in [0.1, 0.15) is 29.6 Å². The second-order valence-corrected chi connectivity index (χ2v) is 10.3. The van der Waals surface area contributed by atoms with Crippen molar-refractivity contribution in [1.82, 2.24) is 5.32 Å². The van der Waals surface area contributed by atoms with E-state index in [0.717, 1.165) is 12.8 Å². The van der Waals surface area contributed by atoms with Crippen LogP contribution in [0.15, 0.2) is 29.2 Å². The third-order valence-electron chi connectivity index (χ3n) is 3.99. The van der Waals surface area contributed by atoms with Crippen molar-refractivity contribution in [2.75, 3.05) is 11.5 Å². The van der Waals surface area contributed by atoms with Crippen molar-refractivity contribution in [3.63, 3.8) is 0 Å². The summed E-state index contributed by atoms with van der Waals surface area (Å²) in [5.74, 6) is -0.618.